The third-order valence-corrected chi connectivity index (χ3v) is 1.08. The first-order valence-corrected chi connectivity index (χ1v) is 4.42. The van der Waals surface area contributed by atoms with Crippen LogP contribution >= 0.6 is 25.3 Å². The summed E-state index contributed by atoms with van der Waals surface area (Å²) in [7, 11) is 0. The van der Waals surface area contributed by atoms with E-state index in [1.54, 1.807) is 0 Å². The summed E-state index contributed by atoms with van der Waals surface area (Å²) in [5.74, 6) is -1.35. The SMILES string of the molecule is O=C([O-])CCS.O=C([O-])CCS.[Zn+2]. The van der Waals surface area contributed by atoms with E-state index < -0.39 is 11.9 Å². The van der Waals surface area contributed by atoms with Crippen molar-refractivity contribution in [3.63, 3.8) is 0 Å². The third-order valence-electron chi connectivity index (χ3n) is 0.632. The van der Waals surface area contributed by atoms with Crippen LogP contribution in [0.3, 0.4) is 0 Å². The predicted molar refractivity (Wildman–Crippen MR) is 47.0 cm³/mol. The van der Waals surface area contributed by atoms with E-state index in [0.29, 0.717) is 11.5 Å². The minimum atomic E-state index is -1.04. The van der Waals surface area contributed by atoms with Crippen molar-refractivity contribution in [2.75, 3.05) is 11.5 Å². The molecule has 0 rings (SSSR count). The van der Waals surface area contributed by atoms with Crippen molar-refractivity contribution in [3.8, 4) is 0 Å². The largest absolute Gasteiger partial charge is 2.00 e. The summed E-state index contributed by atoms with van der Waals surface area (Å²) in [5.41, 5.74) is 0. The molecule has 0 aliphatic heterocycles. The second kappa shape index (κ2) is 14.8. The minimum absolute atomic E-state index is 0. The molecule has 0 bridgehead atoms. The van der Waals surface area contributed by atoms with Gasteiger partial charge in [-0.15, -0.1) is 0 Å². The van der Waals surface area contributed by atoms with Crippen LogP contribution < -0.4 is 10.2 Å². The molecule has 0 saturated carbocycles. The van der Waals surface area contributed by atoms with E-state index >= 15 is 0 Å². The maximum absolute atomic E-state index is 9.44. The van der Waals surface area contributed by atoms with Gasteiger partial charge in [0.15, 0.2) is 0 Å². The van der Waals surface area contributed by atoms with Crippen LogP contribution in [0, 0.1) is 0 Å². The van der Waals surface area contributed by atoms with Gasteiger partial charge in [0.2, 0.25) is 0 Å². The molecule has 0 unspecified atom stereocenters. The van der Waals surface area contributed by atoms with Gasteiger partial charge in [-0.05, 0) is 24.3 Å². The minimum Gasteiger partial charge on any atom is -0.550 e. The average molecular weight is 276 g/mol. The molecule has 0 radical (unpaired) electrons. The topological polar surface area (TPSA) is 80.3 Å². The number of thiol groups is 2. The average Bonchev–Trinajstić information content (AvgIpc) is 1.87. The normalized spacial score (nSPS) is 7.54. The second-order valence-corrected chi connectivity index (χ2v) is 2.59. The summed E-state index contributed by atoms with van der Waals surface area (Å²) < 4.78 is 0. The van der Waals surface area contributed by atoms with Gasteiger partial charge in [-0.1, -0.05) is 0 Å². The van der Waals surface area contributed by atoms with Gasteiger partial charge in [0, 0.05) is 11.9 Å². The number of aliphatic carboxylic acids is 2. The van der Waals surface area contributed by atoms with E-state index in [4.69, 9.17) is 0 Å². The van der Waals surface area contributed by atoms with Crippen LogP contribution in [0.2, 0.25) is 0 Å². The van der Waals surface area contributed by atoms with Crippen LogP contribution in [0.1, 0.15) is 12.8 Å². The zero-order chi connectivity index (χ0) is 9.98. The second-order valence-electron chi connectivity index (χ2n) is 1.69. The molecule has 13 heavy (non-hydrogen) atoms. The summed E-state index contributed by atoms with van der Waals surface area (Å²) in [6.45, 7) is 0. The van der Waals surface area contributed by atoms with Crippen molar-refractivity contribution in [2.24, 2.45) is 0 Å². The molecule has 0 aliphatic carbocycles. The summed E-state index contributed by atoms with van der Waals surface area (Å²) in [4.78, 5) is 18.9. The van der Waals surface area contributed by atoms with Crippen molar-refractivity contribution >= 4 is 37.2 Å². The van der Waals surface area contributed by atoms with Crippen LogP contribution in [0.4, 0.5) is 0 Å². The van der Waals surface area contributed by atoms with E-state index in [2.05, 4.69) is 25.3 Å². The molecule has 0 aliphatic rings. The monoisotopic (exact) mass is 274 g/mol. The molecule has 0 fully saturated rings. The van der Waals surface area contributed by atoms with Gasteiger partial charge in [-0.25, -0.2) is 0 Å². The van der Waals surface area contributed by atoms with Crippen LogP contribution in [-0.2, 0) is 29.1 Å². The zero-order valence-corrected chi connectivity index (χ0v) is 11.8. The van der Waals surface area contributed by atoms with Gasteiger partial charge >= 0.3 is 19.5 Å². The van der Waals surface area contributed by atoms with Gasteiger partial charge in [0.05, 0.1) is 0 Å². The number of carboxylic acid groups (broad SMARTS) is 2. The van der Waals surface area contributed by atoms with E-state index in [1.165, 1.54) is 0 Å². The quantitative estimate of drug-likeness (QED) is 0.464. The first kappa shape index (κ1) is 18.9. The standard InChI is InChI=1S/2C3H6O2S.Zn/c2*4-3(5)1-2-6;/h2*6H,1-2H2,(H,4,5);/q;;+2/p-2. The molecule has 0 aromatic carbocycles. The maximum atomic E-state index is 9.44. The molecule has 72 valence electrons. The molecular weight excluding hydrogens is 266 g/mol. The fourth-order valence-electron chi connectivity index (χ4n) is 0.183. The van der Waals surface area contributed by atoms with Gasteiger partial charge in [0.1, 0.15) is 0 Å². The van der Waals surface area contributed by atoms with Crippen molar-refractivity contribution in [1.82, 2.24) is 0 Å². The van der Waals surface area contributed by atoms with E-state index in [9.17, 15) is 19.8 Å². The number of carbonyl (C=O) groups is 2. The number of hydrogen-bond donors (Lipinski definition) is 2. The van der Waals surface area contributed by atoms with Crippen molar-refractivity contribution in [3.05, 3.63) is 0 Å². The number of carboxylic acids is 2. The Morgan fingerprint density at radius 1 is 0.923 bits per heavy atom. The van der Waals surface area contributed by atoms with Gasteiger partial charge in [0.25, 0.3) is 0 Å². The Kier molecular flexibility index (Phi) is 21.5. The number of rotatable bonds is 4. The van der Waals surface area contributed by atoms with E-state index in [-0.39, 0.29) is 32.3 Å². The molecule has 0 aromatic rings. The fourth-order valence-corrected chi connectivity index (χ4v) is 0.548. The molecule has 0 spiro atoms. The Balaban J connectivity index is -0.000000143. The molecule has 0 heterocycles. The Hall–Kier alpha value is 0.263. The fraction of sp³-hybridized carbons (Fsp3) is 0.667. The van der Waals surface area contributed by atoms with Gasteiger partial charge in [-0.3, -0.25) is 0 Å². The molecule has 0 amide bonds. The van der Waals surface area contributed by atoms with Gasteiger partial charge < -0.3 is 19.8 Å². The van der Waals surface area contributed by atoms with Gasteiger partial charge in [-0.2, -0.15) is 25.3 Å². The zero-order valence-electron chi connectivity index (χ0n) is 7.06. The molecule has 4 nitrogen and oxygen atoms in total. The van der Waals surface area contributed by atoms with Crippen LogP contribution in [0.25, 0.3) is 0 Å². The Morgan fingerprint density at radius 3 is 1.15 bits per heavy atom. The number of carbonyl (C=O) groups excluding carboxylic acids is 2. The maximum Gasteiger partial charge on any atom is 2.00 e. The van der Waals surface area contributed by atoms with Crippen molar-refractivity contribution in [2.45, 2.75) is 12.8 Å². The summed E-state index contributed by atoms with van der Waals surface area (Å²) in [5, 5.41) is 18.9. The third kappa shape index (κ3) is 32.9. The molecule has 0 saturated heterocycles. The molecular formula is C6H10O4S2Zn. The smallest absolute Gasteiger partial charge is 0.550 e. The number of hydrogen-bond acceptors (Lipinski definition) is 6. The molecule has 0 aromatic heterocycles. The van der Waals surface area contributed by atoms with Crippen molar-refractivity contribution < 1.29 is 39.3 Å². The van der Waals surface area contributed by atoms with Crippen LogP contribution in [0.5, 0.6) is 0 Å². The predicted octanol–water partition coefficient (Wildman–Crippen LogP) is -1.89. The molecule has 7 heteroatoms. The summed E-state index contributed by atoms with van der Waals surface area (Å²) >= 11 is 7.28. The first-order chi connectivity index (χ1) is 5.54. The summed E-state index contributed by atoms with van der Waals surface area (Å²) in [6, 6.07) is 0. The Morgan fingerprint density at radius 2 is 1.15 bits per heavy atom. The molecule has 0 N–H and O–H groups in total. The van der Waals surface area contributed by atoms with Crippen LogP contribution in [-0.4, -0.2) is 23.4 Å². The van der Waals surface area contributed by atoms with Crippen LogP contribution in [0.15, 0.2) is 0 Å². The Bertz CT molecular complexity index is 127. The molecule has 0 atom stereocenters. The van der Waals surface area contributed by atoms with E-state index in [1.807, 2.05) is 0 Å². The van der Waals surface area contributed by atoms with Crippen molar-refractivity contribution in [1.29, 1.82) is 0 Å². The van der Waals surface area contributed by atoms with E-state index in [0.717, 1.165) is 0 Å². The first-order valence-electron chi connectivity index (χ1n) is 3.16. The Labute approximate surface area is 101 Å². The summed E-state index contributed by atoms with van der Waals surface area (Å²) in [6.07, 6.45) is 0.0895.